The lowest BCUT2D eigenvalue weighted by molar-refractivity contribution is 0.340. The molecule has 1 aromatic carbocycles. The minimum atomic E-state index is 0.0122. The van der Waals surface area contributed by atoms with E-state index in [9.17, 15) is 0 Å². The minimum Gasteiger partial charge on any atom is -0.492 e. The van der Waals surface area contributed by atoms with Gasteiger partial charge >= 0.3 is 0 Å². The molecular weight excluding hydrogens is 393 g/mol. The third-order valence-electron chi connectivity index (χ3n) is 2.99. The molecule has 0 amide bonds. The summed E-state index contributed by atoms with van der Waals surface area (Å²) in [5, 5.41) is 6.79. The maximum Gasteiger partial charge on any atom is 0.139 e. The summed E-state index contributed by atoms with van der Waals surface area (Å²) in [6, 6.07) is 5.78. The largest absolute Gasteiger partial charge is 0.492 e. The lowest BCUT2D eigenvalue weighted by atomic mass is 10.0. The lowest BCUT2D eigenvalue weighted by Gasteiger charge is -2.20. The van der Waals surface area contributed by atoms with Crippen LogP contribution in [0.4, 0.5) is 0 Å². The number of benzene rings is 1. The molecule has 1 unspecified atom stereocenters. The van der Waals surface area contributed by atoms with Gasteiger partial charge in [0.05, 0.1) is 21.5 Å². The zero-order valence-electron chi connectivity index (χ0n) is 11.8. The van der Waals surface area contributed by atoms with Gasteiger partial charge in [0.15, 0.2) is 0 Å². The molecular formula is C15H16BrCl2NOS. The Labute approximate surface area is 147 Å². The first-order valence-electron chi connectivity index (χ1n) is 6.65. The SMILES string of the molecule is CCNC(c1csc(Br)c1)c1cc(Cl)c(OCC)cc1Cl. The Morgan fingerprint density at radius 3 is 2.57 bits per heavy atom. The zero-order valence-corrected chi connectivity index (χ0v) is 15.7. The lowest BCUT2D eigenvalue weighted by Crippen LogP contribution is -2.22. The summed E-state index contributed by atoms with van der Waals surface area (Å²) in [6.45, 7) is 5.38. The maximum absolute atomic E-state index is 6.44. The Bertz CT molecular complexity index is 618. The van der Waals surface area contributed by atoms with Gasteiger partial charge in [0.1, 0.15) is 5.75 Å². The monoisotopic (exact) mass is 407 g/mol. The second-order valence-electron chi connectivity index (χ2n) is 4.41. The van der Waals surface area contributed by atoms with Gasteiger partial charge in [0, 0.05) is 11.1 Å². The average molecular weight is 409 g/mol. The van der Waals surface area contributed by atoms with Crippen molar-refractivity contribution >= 4 is 50.5 Å². The quantitative estimate of drug-likeness (QED) is 0.640. The number of rotatable bonds is 6. The normalized spacial score (nSPS) is 12.4. The predicted octanol–water partition coefficient (Wildman–Crippen LogP) is 5.92. The fourth-order valence-corrected chi connectivity index (χ4v) is 3.81. The van der Waals surface area contributed by atoms with Crippen LogP contribution in [-0.4, -0.2) is 13.2 Å². The molecule has 0 spiro atoms. The van der Waals surface area contributed by atoms with E-state index in [0.717, 1.165) is 21.5 Å². The molecule has 1 atom stereocenters. The van der Waals surface area contributed by atoms with E-state index >= 15 is 0 Å². The van der Waals surface area contributed by atoms with Gasteiger partial charge < -0.3 is 10.1 Å². The molecule has 114 valence electrons. The highest BCUT2D eigenvalue weighted by molar-refractivity contribution is 9.11. The molecule has 0 aliphatic rings. The maximum atomic E-state index is 6.44. The molecule has 2 rings (SSSR count). The molecule has 6 heteroatoms. The van der Waals surface area contributed by atoms with Crippen LogP contribution >= 0.6 is 50.5 Å². The molecule has 0 saturated carbocycles. The number of thiophene rings is 1. The first kappa shape index (κ1) is 17.1. The van der Waals surface area contributed by atoms with E-state index in [1.807, 2.05) is 13.0 Å². The third-order valence-corrected chi connectivity index (χ3v) is 5.14. The first-order chi connectivity index (χ1) is 10.1. The van der Waals surface area contributed by atoms with E-state index in [1.54, 1.807) is 17.4 Å². The van der Waals surface area contributed by atoms with Crippen LogP contribution in [0.2, 0.25) is 10.0 Å². The summed E-state index contributed by atoms with van der Waals surface area (Å²) in [4.78, 5) is 0. The molecule has 0 aliphatic heterocycles. The number of nitrogens with one attached hydrogen (secondary N) is 1. The second-order valence-corrected chi connectivity index (χ2v) is 7.52. The number of hydrogen-bond donors (Lipinski definition) is 1. The van der Waals surface area contributed by atoms with E-state index in [-0.39, 0.29) is 6.04 Å². The van der Waals surface area contributed by atoms with Gasteiger partial charge in [-0.15, -0.1) is 11.3 Å². The van der Waals surface area contributed by atoms with Crippen LogP contribution in [0.3, 0.4) is 0 Å². The van der Waals surface area contributed by atoms with Gasteiger partial charge in [-0.05, 0) is 58.0 Å². The van der Waals surface area contributed by atoms with E-state index in [0.29, 0.717) is 22.4 Å². The van der Waals surface area contributed by atoms with Crippen LogP contribution < -0.4 is 10.1 Å². The summed E-state index contributed by atoms with van der Waals surface area (Å²) in [6.07, 6.45) is 0. The molecule has 1 aromatic heterocycles. The van der Waals surface area contributed by atoms with Crippen molar-refractivity contribution in [2.75, 3.05) is 13.2 Å². The van der Waals surface area contributed by atoms with Crippen molar-refractivity contribution in [1.82, 2.24) is 5.32 Å². The number of hydrogen-bond acceptors (Lipinski definition) is 3. The number of halogens is 3. The van der Waals surface area contributed by atoms with Crippen LogP contribution in [0.1, 0.15) is 31.0 Å². The van der Waals surface area contributed by atoms with Crippen LogP contribution in [0.5, 0.6) is 5.75 Å². The summed E-state index contributed by atoms with van der Waals surface area (Å²) < 4.78 is 6.57. The fraction of sp³-hybridized carbons (Fsp3) is 0.333. The topological polar surface area (TPSA) is 21.3 Å². The van der Waals surface area contributed by atoms with Gasteiger partial charge in [-0.3, -0.25) is 0 Å². The van der Waals surface area contributed by atoms with Crippen molar-refractivity contribution in [3.05, 3.63) is 48.5 Å². The molecule has 21 heavy (non-hydrogen) atoms. The molecule has 0 aliphatic carbocycles. The van der Waals surface area contributed by atoms with Crippen LogP contribution in [0, 0.1) is 0 Å². The second kappa shape index (κ2) is 7.84. The van der Waals surface area contributed by atoms with E-state index in [4.69, 9.17) is 27.9 Å². The van der Waals surface area contributed by atoms with Crippen molar-refractivity contribution < 1.29 is 4.74 Å². The summed E-state index contributed by atoms with van der Waals surface area (Å²) in [7, 11) is 0. The Morgan fingerprint density at radius 1 is 1.24 bits per heavy atom. The summed E-state index contributed by atoms with van der Waals surface area (Å²) in [5.41, 5.74) is 2.12. The fourth-order valence-electron chi connectivity index (χ4n) is 2.12. The molecule has 1 N–H and O–H groups in total. The summed E-state index contributed by atoms with van der Waals surface area (Å²) >= 11 is 17.9. The summed E-state index contributed by atoms with van der Waals surface area (Å²) in [5.74, 6) is 0.620. The van der Waals surface area contributed by atoms with Crippen molar-refractivity contribution in [3.63, 3.8) is 0 Å². The van der Waals surface area contributed by atoms with Gasteiger partial charge in [0.2, 0.25) is 0 Å². The van der Waals surface area contributed by atoms with Crippen LogP contribution in [-0.2, 0) is 0 Å². The van der Waals surface area contributed by atoms with E-state index < -0.39 is 0 Å². The Hall–Kier alpha value is -0.260. The Morgan fingerprint density at radius 2 is 2.00 bits per heavy atom. The highest BCUT2D eigenvalue weighted by Crippen LogP contribution is 2.38. The van der Waals surface area contributed by atoms with Gasteiger partial charge in [-0.2, -0.15) is 0 Å². The molecule has 1 heterocycles. The van der Waals surface area contributed by atoms with Crippen LogP contribution in [0.25, 0.3) is 0 Å². The zero-order chi connectivity index (χ0) is 15.4. The molecule has 2 aromatic rings. The van der Waals surface area contributed by atoms with Crippen molar-refractivity contribution in [2.45, 2.75) is 19.9 Å². The van der Waals surface area contributed by atoms with Gasteiger partial charge in [-0.1, -0.05) is 30.1 Å². The van der Waals surface area contributed by atoms with Crippen molar-refractivity contribution in [2.24, 2.45) is 0 Å². The standard InChI is InChI=1S/C15H16BrCl2NOS/c1-3-19-15(9-5-14(16)21-8-9)10-6-12(18)13(20-4-2)7-11(10)17/h5-8,15,19H,3-4H2,1-2H3. The minimum absolute atomic E-state index is 0.0122. The van der Waals surface area contributed by atoms with Gasteiger partial charge in [0.25, 0.3) is 0 Å². The molecule has 0 saturated heterocycles. The van der Waals surface area contributed by atoms with Crippen molar-refractivity contribution in [1.29, 1.82) is 0 Å². The molecule has 2 nitrogen and oxygen atoms in total. The van der Waals surface area contributed by atoms with Crippen LogP contribution in [0.15, 0.2) is 27.4 Å². The average Bonchev–Trinajstić information content (AvgIpc) is 2.87. The predicted molar refractivity (Wildman–Crippen MR) is 95.2 cm³/mol. The molecule has 0 bridgehead atoms. The van der Waals surface area contributed by atoms with Crippen molar-refractivity contribution in [3.8, 4) is 5.75 Å². The first-order valence-corrected chi connectivity index (χ1v) is 9.08. The number of ether oxygens (including phenoxy) is 1. The highest BCUT2D eigenvalue weighted by Gasteiger charge is 2.19. The Balaban J connectivity index is 2.43. The van der Waals surface area contributed by atoms with E-state index in [1.165, 1.54) is 0 Å². The third kappa shape index (κ3) is 4.14. The Kier molecular flexibility index (Phi) is 6.38. The van der Waals surface area contributed by atoms with Gasteiger partial charge in [-0.25, -0.2) is 0 Å². The highest BCUT2D eigenvalue weighted by atomic mass is 79.9. The molecule has 0 fully saturated rings. The van der Waals surface area contributed by atoms with E-state index in [2.05, 4.69) is 39.6 Å². The molecule has 0 radical (unpaired) electrons. The smallest absolute Gasteiger partial charge is 0.139 e.